The van der Waals surface area contributed by atoms with Gasteiger partial charge in [-0.1, -0.05) is 41.9 Å². The molecule has 0 aliphatic rings. The molecule has 0 aliphatic carbocycles. The van der Waals surface area contributed by atoms with Crippen molar-refractivity contribution >= 4 is 34.0 Å². The lowest BCUT2D eigenvalue weighted by atomic mass is 10.2. The summed E-state index contributed by atoms with van der Waals surface area (Å²) in [6.45, 7) is 2.29. The summed E-state index contributed by atoms with van der Waals surface area (Å²) in [4.78, 5) is 16.4. The average molecular weight is 333 g/mol. The van der Waals surface area contributed by atoms with Crippen molar-refractivity contribution in [2.45, 2.75) is 13.5 Å². The van der Waals surface area contributed by atoms with Crippen molar-refractivity contribution in [3.05, 3.63) is 63.9 Å². The van der Waals surface area contributed by atoms with E-state index in [1.165, 1.54) is 11.3 Å². The molecule has 22 heavy (non-hydrogen) atoms. The predicted octanol–water partition coefficient (Wildman–Crippen LogP) is 3.60. The molecule has 0 saturated heterocycles. The van der Waals surface area contributed by atoms with Crippen LogP contribution in [0.25, 0.3) is 0 Å². The molecule has 0 atom stereocenters. The number of aromatic nitrogens is 3. The molecule has 2 aromatic heterocycles. The molecule has 0 saturated carbocycles. The average Bonchev–Trinajstić information content (AvgIpc) is 3.09. The van der Waals surface area contributed by atoms with E-state index < -0.39 is 0 Å². The van der Waals surface area contributed by atoms with Crippen LogP contribution in [-0.4, -0.2) is 20.7 Å². The zero-order chi connectivity index (χ0) is 15.5. The molecule has 0 aliphatic heterocycles. The molecule has 0 fully saturated rings. The molecular formula is C15H13ClN4OS. The smallest absolute Gasteiger partial charge is 0.262 e. The standard InChI is InChI=1S/C15H13ClN4OS/c1-10-12(14(21)18-15-17-7-8-22-15)13(16)20(19-10)9-11-5-3-2-4-6-11/h2-8H,9H2,1H3,(H,17,18,21). The molecule has 0 unspecified atom stereocenters. The Morgan fingerprint density at radius 1 is 1.36 bits per heavy atom. The Kier molecular flexibility index (Phi) is 4.22. The van der Waals surface area contributed by atoms with Gasteiger partial charge in [0.2, 0.25) is 0 Å². The van der Waals surface area contributed by atoms with Crippen molar-refractivity contribution in [1.82, 2.24) is 14.8 Å². The molecule has 3 aromatic rings. The number of halogens is 1. The van der Waals surface area contributed by atoms with Crippen molar-refractivity contribution in [2.75, 3.05) is 5.32 Å². The number of rotatable bonds is 4. The highest BCUT2D eigenvalue weighted by atomic mass is 35.5. The molecule has 1 aromatic carbocycles. The number of carbonyl (C=O) groups excluding carboxylic acids is 1. The number of amides is 1. The highest BCUT2D eigenvalue weighted by Gasteiger charge is 2.21. The Morgan fingerprint density at radius 3 is 2.82 bits per heavy atom. The van der Waals surface area contributed by atoms with Crippen molar-refractivity contribution in [3.63, 3.8) is 0 Å². The molecule has 3 rings (SSSR count). The number of hydrogen-bond acceptors (Lipinski definition) is 4. The van der Waals surface area contributed by atoms with Gasteiger partial charge in [0, 0.05) is 11.6 Å². The number of aryl methyl sites for hydroxylation is 1. The van der Waals surface area contributed by atoms with E-state index in [1.54, 1.807) is 23.2 Å². The fraction of sp³-hybridized carbons (Fsp3) is 0.133. The van der Waals surface area contributed by atoms with Gasteiger partial charge in [-0.05, 0) is 12.5 Å². The Bertz CT molecular complexity index is 783. The van der Waals surface area contributed by atoms with Crippen LogP contribution in [0.5, 0.6) is 0 Å². The predicted molar refractivity (Wildman–Crippen MR) is 87.6 cm³/mol. The Labute approximate surface area is 136 Å². The number of nitrogens with zero attached hydrogens (tertiary/aromatic N) is 3. The summed E-state index contributed by atoms with van der Waals surface area (Å²) in [7, 11) is 0. The minimum absolute atomic E-state index is 0.295. The van der Waals surface area contributed by atoms with Gasteiger partial charge < -0.3 is 0 Å². The Hall–Kier alpha value is -2.18. The molecule has 0 spiro atoms. The van der Waals surface area contributed by atoms with E-state index in [9.17, 15) is 4.79 Å². The zero-order valence-corrected chi connectivity index (χ0v) is 13.4. The highest BCUT2D eigenvalue weighted by Crippen LogP contribution is 2.22. The summed E-state index contributed by atoms with van der Waals surface area (Å²) >= 11 is 7.69. The van der Waals surface area contributed by atoms with Gasteiger partial charge in [0.05, 0.1) is 17.8 Å². The summed E-state index contributed by atoms with van der Waals surface area (Å²) < 4.78 is 1.63. The first-order valence-corrected chi connectivity index (χ1v) is 7.88. The maximum atomic E-state index is 12.3. The maximum absolute atomic E-state index is 12.3. The van der Waals surface area contributed by atoms with Gasteiger partial charge in [-0.3, -0.25) is 10.1 Å². The Morgan fingerprint density at radius 2 is 2.14 bits per heavy atom. The second-order valence-electron chi connectivity index (χ2n) is 4.69. The van der Waals surface area contributed by atoms with Gasteiger partial charge in [0.1, 0.15) is 5.15 Å². The second-order valence-corrected chi connectivity index (χ2v) is 5.94. The van der Waals surface area contributed by atoms with E-state index in [-0.39, 0.29) is 5.91 Å². The SMILES string of the molecule is Cc1nn(Cc2ccccc2)c(Cl)c1C(=O)Nc1nccs1. The molecule has 1 N–H and O–H groups in total. The Balaban J connectivity index is 1.85. The van der Waals surface area contributed by atoms with Gasteiger partial charge >= 0.3 is 0 Å². The summed E-state index contributed by atoms with van der Waals surface area (Å²) in [5.74, 6) is -0.295. The molecule has 7 heteroatoms. The van der Waals surface area contributed by atoms with Crippen molar-refractivity contribution in [1.29, 1.82) is 0 Å². The van der Waals surface area contributed by atoms with E-state index in [0.717, 1.165) is 5.56 Å². The number of benzene rings is 1. The quantitative estimate of drug-likeness (QED) is 0.794. The topological polar surface area (TPSA) is 59.8 Å². The third-order valence-electron chi connectivity index (χ3n) is 3.12. The monoisotopic (exact) mass is 332 g/mol. The van der Waals surface area contributed by atoms with Crippen LogP contribution in [0.1, 0.15) is 21.6 Å². The lowest BCUT2D eigenvalue weighted by molar-refractivity contribution is 0.102. The number of hydrogen-bond donors (Lipinski definition) is 1. The molecule has 0 radical (unpaired) electrons. The number of thiazole rings is 1. The molecule has 5 nitrogen and oxygen atoms in total. The summed E-state index contributed by atoms with van der Waals surface area (Å²) in [6.07, 6.45) is 1.63. The van der Waals surface area contributed by atoms with Gasteiger partial charge in [-0.15, -0.1) is 11.3 Å². The summed E-state index contributed by atoms with van der Waals surface area (Å²) in [5, 5.41) is 9.75. The van der Waals surface area contributed by atoms with Gasteiger partial charge in [-0.2, -0.15) is 5.10 Å². The van der Waals surface area contributed by atoms with Crippen molar-refractivity contribution in [3.8, 4) is 0 Å². The van der Waals surface area contributed by atoms with Crippen LogP contribution in [0.4, 0.5) is 5.13 Å². The van der Waals surface area contributed by atoms with Gasteiger partial charge in [-0.25, -0.2) is 9.67 Å². The molecular weight excluding hydrogens is 320 g/mol. The van der Waals surface area contributed by atoms with E-state index in [2.05, 4.69) is 15.4 Å². The van der Waals surface area contributed by atoms with E-state index in [1.807, 2.05) is 30.3 Å². The lowest BCUT2D eigenvalue weighted by Crippen LogP contribution is -2.13. The first-order valence-electron chi connectivity index (χ1n) is 6.63. The molecule has 1 amide bonds. The van der Waals surface area contributed by atoms with Crippen LogP contribution in [-0.2, 0) is 6.54 Å². The van der Waals surface area contributed by atoms with Crippen LogP contribution < -0.4 is 5.32 Å². The van der Waals surface area contributed by atoms with E-state index >= 15 is 0 Å². The lowest BCUT2D eigenvalue weighted by Gasteiger charge is -2.04. The number of anilines is 1. The maximum Gasteiger partial charge on any atom is 0.262 e. The normalized spacial score (nSPS) is 10.6. The first-order chi connectivity index (χ1) is 10.6. The number of nitrogens with one attached hydrogen (secondary N) is 1. The molecule has 0 bridgehead atoms. The first kappa shape index (κ1) is 14.7. The van der Waals surface area contributed by atoms with Crippen LogP contribution >= 0.6 is 22.9 Å². The summed E-state index contributed by atoms with van der Waals surface area (Å²) in [5.41, 5.74) is 2.04. The zero-order valence-electron chi connectivity index (χ0n) is 11.8. The van der Waals surface area contributed by atoms with Crippen LogP contribution in [0.3, 0.4) is 0 Å². The van der Waals surface area contributed by atoms with Crippen molar-refractivity contribution < 1.29 is 4.79 Å². The van der Waals surface area contributed by atoms with Crippen LogP contribution in [0.2, 0.25) is 5.15 Å². The van der Waals surface area contributed by atoms with E-state index in [4.69, 9.17) is 11.6 Å². The third-order valence-corrected chi connectivity index (χ3v) is 4.19. The number of carbonyl (C=O) groups is 1. The third kappa shape index (κ3) is 3.03. The van der Waals surface area contributed by atoms with Crippen molar-refractivity contribution in [2.24, 2.45) is 0 Å². The molecule has 2 heterocycles. The fourth-order valence-electron chi connectivity index (χ4n) is 2.12. The van der Waals surface area contributed by atoms with E-state index in [0.29, 0.717) is 28.1 Å². The largest absolute Gasteiger partial charge is 0.298 e. The minimum Gasteiger partial charge on any atom is -0.298 e. The second kappa shape index (κ2) is 6.29. The highest BCUT2D eigenvalue weighted by molar-refractivity contribution is 7.13. The van der Waals surface area contributed by atoms with Crippen LogP contribution in [0.15, 0.2) is 41.9 Å². The molecule has 112 valence electrons. The van der Waals surface area contributed by atoms with Crippen LogP contribution in [0, 0.1) is 6.92 Å². The summed E-state index contributed by atoms with van der Waals surface area (Å²) in [6, 6.07) is 9.84. The fourth-order valence-corrected chi connectivity index (χ4v) is 2.96. The van der Waals surface area contributed by atoms with Gasteiger partial charge in [0.25, 0.3) is 5.91 Å². The minimum atomic E-state index is -0.295. The van der Waals surface area contributed by atoms with Gasteiger partial charge in [0.15, 0.2) is 5.13 Å².